The number of nitrogens with zero attached hydrogens (tertiary/aromatic N) is 1. The van der Waals surface area contributed by atoms with E-state index in [0.29, 0.717) is 38.1 Å². The molecule has 1 amide bonds. The fraction of sp³-hybridized carbons (Fsp3) is 0.538. The predicted molar refractivity (Wildman–Crippen MR) is 64.2 cm³/mol. The van der Waals surface area contributed by atoms with Crippen LogP contribution in [0.15, 0.2) is 22.8 Å². The lowest BCUT2D eigenvalue weighted by molar-refractivity contribution is -0.152. The minimum atomic E-state index is -0.755. The van der Waals surface area contributed by atoms with Crippen LogP contribution in [0.5, 0.6) is 0 Å². The third-order valence-electron chi connectivity index (χ3n) is 3.87. The van der Waals surface area contributed by atoms with Gasteiger partial charge in [0.25, 0.3) is 5.91 Å². The minimum Gasteiger partial charge on any atom is -0.481 e. The first-order valence-corrected chi connectivity index (χ1v) is 6.15. The van der Waals surface area contributed by atoms with Crippen LogP contribution >= 0.6 is 0 Å². The molecule has 2 rings (SSSR count). The molecule has 1 N–H and O–H groups in total. The molecular weight excluding hydrogens is 234 g/mol. The summed E-state index contributed by atoms with van der Waals surface area (Å²) in [5, 5.41) is 9.28. The number of carbonyl (C=O) groups excluding carboxylic acids is 1. The van der Waals surface area contributed by atoms with Crippen molar-refractivity contribution in [1.82, 2.24) is 4.90 Å². The fourth-order valence-electron chi connectivity index (χ4n) is 2.41. The number of piperidine rings is 1. The van der Waals surface area contributed by atoms with Gasteiger partial charge >= 0.3 is 5.97 Å². The van der Waals surface area contributed by atoms with Gasteiger partial charge in [-0.3, -0.25) is 9.59 Å². The van der Waals surface area contributed by atoms with Crippen LogP contribution in [0.4, 0.5) is 0 Å². The molecule has 1 aliphatic rings. The maximum atomic E-state index is 12.0. The molecule has 0 aromatic carbocycles. The highest BCUT2D eigenvalue weighted by atomic mass is 16.4. The van der Waals surface area contributed by atoms with Crippen molar-refractivity contribution in [3.05, 3.63) is 24.2 Å². The first-order chi connectivity index (χ1) is 8.59. The molecule has 2 heterocycles. The van der Waals surface area contributed by atoms with Crippen LogP contribution in [0, 0.1) is 5.41 Å². The number of hydrogen-bond acceptors (Lipinski definition) is 3. The molecule has 0 aliphatic carbocycles. The number of rotatable bonds is 3. The third-order valence-corrected chi connectivity index (χ3v) is 3.87. The maximum Gasteiger partial charge on any atom is 0.309 e. The molecule has 1 aromatic heterocycles. The van der Waals surface area contributed by atoms with Crippen LogP contribution in [0.1, 0.15) is 36.7 Å². The van der Waals surface area contributed by atoms with Gasteiger partial charge in [-0.15, -0.1) is 0 Å². The quantitative estimate of drug-likeness (QED) is 0.891. The van der Waals surface area contributed by atoms with Crippen molar-refractivity contribution in [2.75, 3.05) is 13.1 Å². The van der Waals surface area contributed by atoms with Gasteiger partial charge in [-0.25, -0.2) is 0 Å². The van der Waals surface area contributed by atoms with Crippen molar-refractivity contribution in [2.24, 2.45) is 5.41 Å². The van der Waals surface area contributed by atoms with Crippen LogP contribution < -0.4 is 0 Å². The second-order valence-corrected chi connectivity index (χ2v) is 4.71. The third kappa shape index (κ3) is 2.12. The summed E-state index contributed by atoms with van der Waals surface area (Å²) in [6.07, 6.45) is 3.08. The summed E-state index contributed by atoms with van der Waals surface area (Å²) >= 11 is 0. The van der Waals surface area contributed by atoms with Gasteiger partial charge in [0, 0.05) is 13.1 Å². The molecule has 0 atom stereocenters. The zero-order chi connectivity index (χ0) is 13.2. The summed E-state index contributed by atoms with van der Waals surface area (Å²) in [5.41, 5.74) is -0.667. The highest BCUT2D eigenvalue weighted by Gasteiger charge is 2.41. The molecule has 0 saturated carbocycles. The second-order valence-electron chi connectivity index (χ2n) is 4.71. The lowest BCUT2D eigenvalue weighted by Gasteiger charge is -2.37. The van der Waals surface area contributed by atoms with Gasteiger partial charge in [0.2, 0.25) is 0 Å². The van der Waals surface area contributed by atoms with Crippen LogP contribution in [0.2, 0.25) is 0 Å². The van der Waals surface area contributed by atoms with Crippen LogP contribution in [-0.4, -0.2) is 35.0 Å². The maximum absolute atomic E-state index is 12.0. The van der Waals surface area contributed by atoms with E-state index in [4.69, 9.17) is 4.42 Å². The Morgan fingerprint density at radius 3 is 2.56 bits per heavy atom. The molecule has 1 saturated heterocycles. The lowest BCUT2D eigenvalue weighted by atomic mass is 9.76. The van der Waals surface area contributed by atoms with Crippen molar-refractivity contribution < 1.29 is 19.1 Å². The Bertz CT molecular complexity index is 430. The average molecular weight is 251 g/mol. The van der Waals surface area contributed by atoms with E-state index in [0.717, 1.165) is 0 Å². The van der Waals surface area contributed by atoms with E-state index in [1.807, 2.05) is 6.92 Å². The van der Waals surface area contributed by atoms with Crippen LogP contribution in [0.25, 0.3) is 0 Å². The van der Waals surface area contributed by atoms with Crippen molar-refractivity contribution in [3.63, 3.8) is 0 Å². The molecule has 1 fully saturated rings. The first kappa shape index (κ1) is 12.7. The Balaban J connectivity index is 2.02. The number of carboxylic acids is 1. The van der Waals surface area contributed by atoms with E-state index >= 15 is 0 Å². The lowest BCUT2D eigenvalue weighted by Crippen LogP contribution is -2.46. The topological polar surface area (TPSA) is 70.8 Å². The average Bonchev–Trinajstić information content (AvgIpc) is 2.91. The van der Waals surface area contributed by atoms with E-state index in [2.05, 4.69) is 0 Å². The SMILES string of the molecule is CCC1(C(=O)O)CCN(C(=O)c2ccco2)CC1. The summed E-state index contributed by atoms with van der Waals surface area (Å²) in [4.78, 5) is 25.0. The summed E-state index contributed by atoms with van der Waals surface area (Å²) in [6, 6.07) is 3.30. The van der Waals surface area contributed by atoms with Gasteiger partial charge in [-0.2, -0.15) is 0 Å². The molecule has 18 heavy (non-hydrogen) atoms. The Kier molecular flexibility index (Phi) is 3.41. The van der Waals surface area contributed by atoms with Crippen LogP contribution in [0.3, 0.4) is 0 Å². The Morgan fingerprint density at radius 1 is 1.44 bits per heavy atom. The van der Waals surface area contributed by atoms with Gasteiger partial charge in [-0.1, -0.05) is 6.92 Å². The zero-order valence-electron chi connectivity index (χ0n) is 10.4. The van der Waals surface area contributed by atoms with Gasteiger partial charge in [0.15, 0.2) is 5.76 Å². The molecule has 0 spiro atoms. The van der Waals surface area contributed by atoms with E-state index in [9.17, 15) is 14.7 Å². The Morgan fingerprint density at radius 2 is 2.11 bits per heavy atom. The van der Waals surface area contributed by atoms with Gasteiger partial charge in [0.1, 0.15) is 0 Å². The predicted octanol–water partition coefficient (Wildman–Crippen LogP) is 2.00. The number of likely N-dealkylation sites (tertiary alicyclic amines) is 1. The molecular formula is C13H17NO4. The fourth-order valence-corrected chi connectivity index (χ4v) is 2.41. The summed E-state index contributed by atoms with van der Waals surface area (Å²) < 4.78 is 5.07. The number of hydrogen-bond donors (Lipinski definition) is 1. The first-order valence-electron chi connectivity index (χ1n) is 6.15. The Labute approximate surface area is 105 Å². The molecule has 1 aromatic rings. The van der Waals surface area contributed by atoms with Crippen molar-refractivity contribution in [2.45, 2.75) is 26.2 Å². The smallest absolute Gasteiger partial charge is 0.309 e. The normalized spacial score (nSPS) is 18.6. The van der Waals surface area contributed by atoms with E-state index in [-0.39, 0.29) is 5.91 Å². The minimum absolute atomic E-state index is 0.157. The van der Waals surface area contributed by atoms with Crippen molar-refractivity contribution >= 4 is 11.9 Å². The molecule has 0 radical (unpaired) electrons. The highest BCUT2D eigenvalue weighted by Crippen LogP contribution is 2.35. The van der Waals surface area contributed by atoms with Crippen molar-refractivity contribution in [1.29, 1.82) is 0 Å². The van der Waals surface area contributed by atoms with E-state index in [1.54, 1.807) is 17.0 Å². The number of furan rings is 1. The summed E-state index contributed by atoms with van der Waals surface area (Å²) in [5.74, 6) is -0.598. The monoisotopic (exact) mass is 251 g/mol. The summed E-state index contributed by atoms with van der Waals surface area (Å²) in [6.45, 7) is 2.83. The van der Waals surface area contributed by atoms with Crippen molar-refractivity contribution in [3.8, 4) is 0 Å². The number of aliphatic carboxylic acids is 1. The molecule has 5 heteroatoms. The zero-order valence-corrected chi connectivity index (χ0v) is 10.4. The number of amides is 1. The van der Waals surface area contributed by atoms with E-state index < -0.39 is 11.4 Å². The molecule has 1 aliphatic heterocycles. The number of carboxylic acid groups (broad SMARTS) is 1. The Hall–Kier alpha value is -1.78. The van der Waals surface area contributed by atoms with Crippen LogP contribution in [-0.2, 0) is 4.79 Å². The molecule has 98 valence electrons. The van der Waals surface area contributed by atoms with Gasteiger partial charge < -0.3 is 14.4 Å². The molecule has 5 nitrogen and oxygen atoms in total. The summed E-state index contributed by atoms with van der Waals surface area (Å²) in [7, 11) is 0. The standard InChI is InChI=1S/C13H17NO4/c1-2-13(12(16)17)5-7-14(8-6-13)11(15)10-4-3-9-18-10/h3-4,9H,2,5-8H2,1H3,(H,16,17). The highest BCUT2D eigenvalue weighted by molar-refractivity contribution is 5.91. The van der Waals surface area contributed by atoms with Gasteiger partial charge in [0.05, 0.1) is 11.7 Å². The van der Waals surface area contributed by atoms with E-state index in [1.165, 1.54) is 6.26 Å². The number of carbonyl (C=O) groups is 2. The largest absolute Gasteiger partial charge is 0.481 e. The molecule has 0 bridgehead atoms. The van der Waals surface area contributed by atoms with Gasteiger partial charge in [-0.05, 0) is 31.4 Å². The second kappa shape index (κ2) is 4.84. The molecule has 0 unspecified atom stereocenters.